The fourth-order valence-electron chi connectivity index (χ4n) is 2.53. The van der Waals surface area contributed by atoms with Gasteiger partial charge in [-0.1, -0.05) is 48.5 Å². The maximum Gasteiger partial charge on any atom is 0.128 e. The molecule has 0 aliphatic rings. The van der Waals surface area contributed by atoms with E-state index in [2.05, 4.69) is 36.2 Å². The van der Waals surface area contributed by atoms with Gasteiger partial charge in [-0.05, 0) is 42.3 Å². The Morgan fingerprint density at radius 2 is 1.73 bits per heavy atom. The zero-order chi connectivity index (χ0) is 15.4. The molecule has 2 nitrogen and oxygen atoms in total. The van der Waals surface area contributed by atoms with E-state index in [1.54, 1.807) is 0 Å². The maximum absolute atomic E-state index is 5.77. The minimum absolute atomic E-state index is 0.642. The van der Waals surface area contributed by atoms with E-state index in [0.717, 1.165) is 28.0 Å². The lowest BCUT2D eigenvalue weighted by atomic mass is 10.0. The smallest absolute Gasteiger partial charge is 0.128 e. The highest BCUT2D eigenvalue weighted by atomic mass is 16.5. The molecule has 0 N–H and O–H groups in total. The normalized spacial score (nSPS) is 11.2. The van der Waals surface area contributed by atoms with Crippen LogP contribution in [0.15, 0.2) is 65.7 Å². The lowest BCUT2D eigenvalue weighted by Crippen LogP contribution is -1.97. The summed E-state index contributed by atoms with van der Waals surface area (Å²) in [4.78, 5) is 4.66. The lowest BCUT2D eigenvalue weighted by molar-refractivity contribution is 0.340. The number of aryl methyl sites for hydroxylation is 1. The number of hydrogen-bond acceptors (Lipinski definition) is 2. The van der Waals surface area contributed by atoms with Gasteiger partial charge in [-0.3, -0.25) is 4.99 Å². The summed E-state index contributed by atoms with van der Waals surface area (Å²) in [5.41, 5.74) is 3.18. The Morgan fingerprint density at radius 1 is 0.955 bits per heavy atom. The number of rotatable bonds is 4. The number of benzene rings is 3. The molecule has 0 saturated carbocycles. The van der Waals surface area contributed by atoms with Crippen LogP contribution >= 0.6 is 0 Å². The van der Waals surface area contributed by atoms with Crippen LogP contribution in [0.4, 0.5) is 5.69 Å². The molecule has 3 rings (SSSR count). The van der Waals surface area contributed by atoms with Crippen molar-refractivity contribution < 1.29 is 4.74 Å². The molecular weight excluding hydrogens is 270 g/mol. The minimum Gasteiger partial charge on any atom is -0.493 e. The molecule has 0 heterocycles. The van der Waals surface area contributed by atoms with Crippen LogP contribution in [-0.4, -0.2) is 12.8 Å². The Labute approximate surface area is 131 Å². The van der Waals surface area contributed by atoms with Gasteiger partial charge in [0.2, 0.25) is 0 Å². The van der Waals surface area contributed by atoms with Crippen LogP contribution in [0, 0.1) is 6.92 Å². The first kappa shape index (κ1) is 14.3. The van der Waals surface area contributed by atoms with Gasteiger partial charge in [0, 0.05) is 11.8 Å². The zero-order valence-electron chi connectivity index (χ0n) is 12.9. The highest BCUT2D eigenvalue weighted by Crippen LogP contribution is 2.28. The van der Waals surface area contributed by atoms with Crippen LogP contribution < -0.4 is 4.74 Å². The molecule has 0 unspecified atom stereocenters. The van der Waals surface area contributed by atoms with Crippen LogP contribution in [-0.2, 0) is 0 Å². The molecule has 22 heavy (non-hydrogen) atoms. The summed E-state index contributed by atoms with van der Waals surface area (Å²) in [6.07, 6.45) is 1.91. The highest BCUT2D eigenvalue weighted by molar-refractivity contribution is 6.03. The van der Waals surface area contributed by atoms with Crippen molar-refractivity contribution in [1.29, 1.82) is 0 Å². The molecule has 0 bridgehead atoms. The van der Waals surface area contributed by atoms with E-state index >= 15 is 0 Å². The molecule has 0 radical (unpaired) electrons. The Hall–Kier alpha value is -2.61. The SMILES string of the molecule is CCOc1ccc2ccccc2c1C=Nc1ccccc1C. The number of aliphatic imine (C=N–C) groups is 1. The van der Waals surface area contributed by atoms with Crippen LogP contribution in [0.5, 0.6) is 5.75 Å². The molecule has 0 amide bonds. The van der Waals surface area contributed by atoms with E-state index in [4.69, 9.17) is 4.74 Å². The van der Waals surface area contributed by atoms with Gasteiger partial charge < -0.3 is 4.74 Å². The monoisotopic (exact) mass is 289 g/mol. The zero-order valence-corrected chi connectivity index (χ0v) is 12.9. The number of fused-ring (bicyclic) bond motifs is 1. The molecule has 0 saturated heterocycles. The van der Waals surface area contributed by atoms with Crippen LogP contribution in [0.1, 0.15) is 18.1 Å². The quantitative estimate of drug-likeness (QED) is 0.597. The van der Waals surface area contributed by atoms with E-state index < -0.39 is 0 Å². The maximum atomic E-state index is 5.77. The third kappa shape index (κ3) is 2.86. The van der Waals surface area contributed by atoms with E-state index in [0.29, 0.717) is 6.61 Å². The molecular formula is C20H19NO. The number of ether oxygens (including phenoxy) is 1. The topological polar surface area (TPSA) is 21.6 Å². The third-order valence-corrected chi connectivity index (χ3v) is 3.68. The van der Waals surface area contributed by atoms with E-state index in [-0.39, 0.29) is 0 Å². The molecule has 0 spiro atoms. The minimum atomic E-state index is 0.642. The second-order valence-electron chi connectivity index (χ2n) is 5.18. The van der Waals surface area contributed by atoms with E-state index in [1.807, 2.05) is 49.5 Å². The first-order valence-electron chi connectivity index (χ1n) is 7.54. The molecule has 0 aromatic heterocycles. The Kier molecular flexibility index (Phi) is 4.19. The summed E-state index contributed by atoms with van der Waals surface area (Å²) in [6, 6.07) is 20.5. The Bertz CT molecular complexity index is 821. The van der Waals surface area contributed by atoms with Crippen LogP contribution in [0.2, 0.25) is 0 Å². The first-order chi connectivity index (χ1) is 10.8. The van der Waals surface area contributed by atoms with Crippen molar-refractivity contribution in [2.75, 3.05) is 6.61 Å². The van der Waals surface area contributed by atoms with Crippen LogP contribution in [0.3, 0.4) is 0 Å². The fraction of sp³-hybridized carbons (Fsp3) is 0.150. The van der Waals surface area contributed by atoms with Crippen LogP contribution in [0.25, 0.3) is 10.8 Å². The number of nitrogens with zero attached hydrogens (tertiary/aromatic N) is 1. The van der Waals surface area contributed by atoms with Gasteiger partial charge in [0.25, 0.3) is 0 Å². The van der Waals surface area contributed by atoms with Gasteiger partial charge in [-0.2, -0.15) is 0 Å². The summed E-state index contributed by atoms with van der Waals surface area (Å²) >= 11 is 0. The van der Waals surface area contributed by atoms with Crippen molar-refractivity contribution in [3.05, 3.63) is 71.8 Å². The Balaban J connectivity index is 2.11. The summed E-state index contributed by atoms with van der Waals surface area (Å²) < 4.78 is 5.77. The van der Waals surface area contributed by atoms with E-state index in [1.165, 1.54) is 5.39 Å². The standard InChI is InChI=1S/C20H19NO/c1-3-22-20-13-12-16-9-5-6-10-17(16)18(20)14-21-19-11-7-4-8-15(19)2/h4-14H,3H2,1-2H3. The molecule has 110 valence electrons. The van der Waals surface area contributed by atoms with Gasteiger partial charge in [-0.25, -0.2) is 0 Å². The third-order valence-electron chi connectivity index (χ3n) is 3.68. The van der Waals surface area contributed by atoms with Gasteiger partial charge >= 0.3 is 0 Å². The molecule has 0 atom stereocenters. The predicted molar refractivity (Wildman–Crippen MR) is 93.6 cm³/mol. The van der Waals surface area contributed by atoms with Crippen molar-refractivity contribution in [2.24, 2.45) is 4.99 Å². The number of hydrogen-bond donors (Lipinski definition) is 0. The summed E-state index contributed by atoms with van der Waals surface area (Å²) in [7, 11) is 0. The van der Waals surface area contributed by atoms with Crippen molar-refractivity contribution in [2.45, 2.75) is 13.8 Å². The molecule has 0 fully saturated rings. The molecule has 3 aromatic carbocycles. The van der Waals surface area contributed by atoms with E-state index in [9.17, 15) is 0 Å². The van der Waals surface area contributed by atoms with Gasteiger partial charge in [-0.15, -0.1) is 0 Å². The molecule has 0 aliphatic heterocycles. The van der Waals surface area contributed by atoms with Gasteiger partial charge in [0.05, 0.1) is 12.3 Å². The average Bonchev–Trinajstić information content (AvgIpc) is 2.55. The van der Waals surface area contributed by atoms with Crippen molar-refractivity contribution in [3.63, 3.8) is 0 Å². The molecule has 2 heteroatoms. The Morgan fingerprint density at radius 3 is 2.55 bits per heavy atom. The first-order valence-corrected chi connectivity index (χ1v) is 7.54. The average molecular weight is 289 g/mol. The summed E-state index contributed by atoms with van der Waals surface area (Å²) in [5, 5.41) is 2.35. The molecule has 3 aromatic rings. The summed E-state index contributed by atoms with van der Waals surface area (Å²) in [5.74, 6) is 0.874. The van der Waals surface area contributed by atoms with Crippen molar-refractivity contribution in [3.8, 4) is 5.75 Å². The summed E-state index contributed by atoms with van der Waals surface area (Å²) in [6.45, 7) is 4.71. The van der Waals surface area contributed by atoms with Crippen molar-refractivity contribution >= 4 is 22.7 Å². The fourth-order valence-corrected chi connectivity index (χ4v) is 2.53. The predicted octanol–water partition coefficient (Wildman–Crippen LogP) is 5.30. The van der Waals surface area contributed by atoms with Crippen molar-refractivity contribution in [1.82, 2.24) is 0 Å². The number of para-hydroxylation sites is 1. The second kappa shape index (κ2) is 6.44. The van der Waals surface area contributed by atoms with Gasteiger partial charge in [0.15, 0.2) is 0 Å². The lowest BCUT2D eigenvalue weighted by Gasteiger charge is -2.10. The molecule has 0 aliphatic carbocycles. The highest BCUT2D eigenvalue weighted by Gasteiger charge is 2.06. The van der Waals surface area contributed by atoms with Gasteiger partial charge in [0.1, 0.15) is 5.75 Å². The second-order valence-corrected chi connectivity index (χ2v) is 5.18. The largest absolute Gasteiger partial charge is 0.493 e.